The van der Waals surface area contributed by atoms with E-state index in [1.54, 1.807) is 12.3 Å². The molecule has 0 atom stereocenters. The first-order chi connectivity index (χ1) is 12.5. The number of benzene rings is 1. The number of esters is 1. The number of aromatic nitrogens is 2. The zero-order valence-corrected chi connectivity index (χ0v) is 15.5. The van der Waals surface area contributed by atoms with Gasteiger partial charge in [0.1, 0.15) is 5.82 Å². The van der Waals surface area contributed by atoms with Crippen molar-refractivity contribution in [2.75, 3.05) is 11.9 Å². The van der Waals surface area contributed by atoms with E-state index in [4.69, 9.17) is 4.74 Å². The third-order valence-electron chi connectivity index (χ3n) is 4.82. The maximum Gasteiger partial charge on any atom is 0.339 e. The lowest BCUT2D eigenvalue weighted by atomic mass is 10.00. The Labute approximate surface area is 153 Å². The summed E-state index contributed by atoms with van der Waals surface area (Å²) < 4.78 is 7.09. The van der Waals surface area contributed by atoms with Gasteiger partial charge in [0.2, 0.25) is 0 Å². The highest BCUT2D eigenvalue weighted by atomic mass is 16.5. The summed E-state index contributed by atoms with van der Waals surface area (Å²) >= 11 is 0. The van der Waals surface area contributed by atoms with Crippen LogP contribution >= 0.6 is 0 Å². The van der Waals surface area contributed by atoms with Gasteiger partial charge in [0.25, 0.3) is 5.91 Å². The Kier molecular flexibility index (Phi) is 5.40. The van der Waals surface area contributed by atoms with E-state index in [0.717, 1.165) is 29.5 Å². The molecule has 1 aromatic carbocycles. The van der Waals surface area contributed by atoms with Gasteiger partial charge in [-0.25, -0.2) is 9.48 Å². The van der Waals surface area contributed by atoms with Crippen LogP contribution in [0.15, 0.2) is 24.4 Å². The molecule has 1 N–H and O–H groups in total. The van der Waals surface area contributed by atoms with Crippen molar-refractivity contribution < 1.29 is 14.3 Å². The van der Waals surface area contributed by atoms with E-state index in [1.807, 2.05) is 37.6 Å². The molecule has 1 aliphatic carbocycles. The van der Waals surface area contributed by atoms with Crippen molar-refractivity contribution in [3.8, 4) is 0 Å². The minimum absolute atomic E-state index is 0.318. The molecule has 3 rings (SSSR count). The number of nitrogens with zero attached hydrogens (tertiary/aromatic N) is 2. The summed E-state index contributed by atoms with van der Waals surface area (Å²) in [6.45, 7) is 5.41. The normalized spacial score (nSPS) is 14.4. The molecule has 0 spiro atoms. The Morgan fingerprint density at radius 2 is 1.85 bits per heavy atom. The molecule has 26 heavy (non-hydrogen) atoms. The highest BCUT2D eigenvalue weighted by Crippen LogP contribution is 2.31. The van der Waals surface area contributed by atoms with Gasteiger partial charge in [-0.1, -0.05) is 30.5 Å². The van der Waals surface area contributed by atoms with Gasteiger partial charge in [0.15, 0.2) is 6.61 Å². The quantitative estimate of drug-likeness (QED) is 0.830. The second kappa shape index (κ2) is 7.72. The fourth-order valence-electron chi connectivity index (χ4n) is 3.74. The Hall–Kier alpha value is -2.63. The second-order valence-corrected chi connectivity index (χ2v) is 7.00. The minimum atomic E-state index is -0.473. The van der Waals surface area contributed by atoms with Gasteiger partial charge in [0.05, 0.1) is 17.8 Å². The molecule has 0 aliphatic heterocycles. The molecule has 138 valence electrons. The van der Waals surface area contributed by atoms with Crippen molar-refractivity contribution in [2.24, 2.45) is 0 Å². The number of aryl methyl sites for hydroxylation is 3. The third-order valence-corrected chi connectivity index (χ3v) is 4.82. The van der Waals surface area contributed by atoms with Gasteiger partial charge < -0.3 is 10.1 Å². The first kappa shape index (κ1) is 18.2. The summed E-state index contributed by atoms with van der Waals surface area (Å²) in [5, 5.41) is 7.12. The number of nitrogens with one attached hydrogen (secondary N) is 1. The molecule has 0 unspecified atom stereocenters. The smallest absolute Gasteiger partial charge is 0.339 e. The molecule has 6 nitrogen and oxygen atoms in total. The number of amides is 1. The molecule has 0 bridgehead atoms. The Morgan fingerprint density at radius 1 is 1.19 bits per heavy atom. The molecule has 1 amide bonds. The lowest BCUT2D eigenvalue weighted by molar-refractivity contribution is -0.119. The minimum Gasteiger partial charge on any atom is -0.452 e. The van der Waals surface area contributed by atoms with Gasteiger partial charge in [-0.05, 0) is 44.7 Å². The largest absolute Gasteiger partial charge is 0.452 e. The van der Waals surface area contributed by atoms with Crippen LogP contribution in [0.5, 0.6) is 0 Å². The van der Waals surface area contributed by atoms with Crippen molar-refractivity contribution in [1.29, 1.82) is 0 Å². The zero-order chi connectivity index (χ0) is 18.7. The number of hydrogen-bond donors (Lipinski definition) is 1. The van der Waals surface area contributed by atoms with E-state index >= 15 is 0 Å². The third kappa shape index (κ3) is 3.95. The van der Waals surface area contributed by atoms with Gasteiger partial charge >= 0.3 is 5.97 Å². The first-order valence-corrected chi connectivity index (χ1v) is 9.04. The molecule has 2 aromatic rings. The highest BCUT2D eigenvalue weighted by Gasteiger charge is 2.21. The fourth-order valence-corrected chi connectivity index (χ4v) is 3.74. The summed E-state index contributed by atoms with van der Waals surface area (Å²) in [4.78, 5) is 24.6. The van der Waals surface area contributed by atoms with Crippen molar-refractivity contribution in [1.82, 2.24) is 9.78 Å². The standard InChI is InChI=1S/C20H25N3O3/c1-13-10-14(2)19(15(3)11-13)20(25)26-12-18(24)22-17-8-9-21-23(17)16-6-4-5-7-16/h8-11,16H,4-7,12H2,1-3H3,(H,22,24). The highest BCUT2D eigenvalue weighted by molar-refractivity contribution is 5.96. The van der Waals surface area contributed by atoms with Gasteiger partial charge in [-0.2, -0.15) is 5.10 Å². The van der Waals surface area contributed by atoms with Crippen LogP contribution in [0.3, 0.4) is 0 Å². The number of carbonyl (C=O) groups excluding carboxylic acids is 2. The van der Waals surface area contributed by atoms with Gasteiger partial charge in [-0.15, -0.1) is 0 Å². The summed E-state index contributed by atoms with van der Waals surface area (Å²) in [7, 11) is 0. The number of carbonyl (C=O) groups is 2. The second-order valence-electron chi connectivity index (χ2n) is 7.00. The van der Waals surface area contributed by atoms with E-state index in [2.05, 4.69) is 10.4 Å². The van der Waals surface area contributed by atoms with Crippen molar-refractivity contribution in [2.45, 2.75) is 52.5 Å². The molecular formula is C20H25N3O3. The number of ether oxygens (including phenoxy) is 1. The van der Waals surface area contributed by atoms with Crippen LogP contribution < -0.4 is 5.32 Å². The van der Waals surface area contributed by atoms with E-state index < -0.39 is 5.97 Å². The molecule has 0 saturated heterocycles. The average Bonchev–Trinajstić information content (AvgIpc) is 3.22. The molecule has 1 fully saturated rings. The van der Waals surface area contributed by atoms with Crippen LogP contribution in [0.4, 0.5) is 5.82 Å². The Morgan fingerprint density at radius 3 is 2.50 bits per heavy atom. The van der Waals surface area contributed by atoms with Crippen LogP contribution in [0, 0.1) is 20.8 Å². The van der Waals surface area contributed by atoms with Crippen LogP contribution in [-0.4, -0.2) is 28.3 Å². The number of rotatable bonds is 5. The molecule has 1 aromatic heterocycles. The fraction of sp³-hybridized carbons (Fsp3) is 0.450. The zero-order valence-electron chi connectivity index (χ0n) is 15.5. The predicted molar refractivity (Wildman–Crippen MR) is 99.3 cm³/mol. The molecule has 0 radical (unpaired) electrons. The van der Waals surface area contributed by atoms with E-state index in [-0.39, 0.29) is 12.5 Å². The van der Waals surface area contributed by atoms with Crippen LogP contribution in [0.25, 0.3) is 0 Å². The Balaban J connectivity index is 1.60. The molecule has 1 heterocycles. The maximum absolute atomic E-state index is 12.4. The van der Waals surface area contributed by atoms with E-state index in [0.29, 0.717) is 17.4 Å². The summed E-state index contributed by atoms with van der Waals surface area (Å²) in [6.07, 6.45) is 6.20. The van der Waals surface area contributed by atoms with Crippen LogP contribution in [0.2, 0.25) is 0 Å². The maximum atomic E-state index is 12.4. The lowest BCUT2D eigenvalue weighted by Crippen LogP contribution is -2.24. The van der Waals surface area contributed by atoms with Crippen LogP contribution in [0.1, 0.15) is 58.8 Å². The van der Waals surface area contributed by atoms with Gasteiger partial charge in [0, 0.05) is 6.07 Å². The first-order valence-electron chi connectivity index (χ1n) is 9.04. The van der Waals surface area contributed by atoms with Gasteiger partial charge in [-0.3, -0.25) is 4.79 Å². The number of hydrogen-bond acceptors (Lipinski definition) is 4. The SMILES string of the molecule is Cc1cc(C)c(C(=O)OCC(=O)Nc2ccnn2C2CCCC2)c(C)c1. The summed E-state index contributed by atoms with van der Waals surface area (Å²) in [6, 6.07) is 5.97. The molecule has 1 saturated carbocycles. The monoisotopic (exact) mass is 355 g/mol. The molecular weight excluding hydrogens is 330 g/mol. The topological polar surface area (TPSA) is 73.2 Å². The Bertz CT molecular complexity index is 796. The van der Waals surface area contributed by atoms with Crippen molar-refractivity contribution in [3.05, 3.63) is 46.6 Å². The van der Waals surface area contributed by atoms with Crippen LogP contribution in [-0.2, 0) is 9.53 Å². The summed E-state index contributed by atoms with van der Waals surface area (Å²) in [5.41, 5.74) is 3.33. The predicted octanol–water partition coefficient (Wildman–Crippen LogP) is 3.72. The lowest BCUT2D eigenvalue weighted by Gasteiger charge is -2.15. The molecule has 1 aliphatic rings. The molecule has 6 heteroatoms. The average molecular weight is 355 g/mol. The van der Waals surface area contributed by atoms with Crippen molar-refractivity contribution in [3.63, 3.8) is 0 Å². The summed E-state index contributed by atoms with van der Waals surface area (Å²) in [5.74, 6) is -0.180. The van der Waals surface area contributed by atoms with E-state index in [1.165, 1.54) is 12.8 Å². The van der Waals surface area contributed by atoms with E-state index in [9.17, 15) is 9.59 Å². The number of anilines is 1. The van der Waals surface area contributed by atoms with Crippen molar-refractivity contribution >= 4 is 17.7 Å².